The van der Waals surface area contributed by atoms with Crippen molar-refractivity contribution >= 4 is 10.9 Å². The van der Waals surface area contributed by atoms with E-state index in [0.717, 1.165) is 22.2 Å². The lowest BCUT2D eigenvalue weighted by atomic mass is 10.1. The Morgan fingerprint density at radius 1 is 1.24 bits per heavy atom. The lowest BCUT2D eigenvalue weighted by Crippen LogP contribution is -2.11. The summed E-state index contributed by atoms with van der Waals surface area (Å²) in [5.41, 5.74) is 3.03. The van der Waals surface area contributed by atoms with Crippen LogP contribution in [0.3, 0.4) is 0 Å². The Bertz CT molecular complexity index is 741. The average Bonchev–Trinajstić information content (AvgIpc) is 2.74. The third-order valence-corrected chi connectivity index (χ3v) is 2.62. The van der Waals surface area contributed by atoms with Crippen LogP contribution in [0, 0.1) is 6.92 Å². The molecule has 3 aromatic rings. The van der Waals surface area contributed by atoms with Gasteiger partial charge in [0, 0.05) is 16.6 Å². The largest absolute Gasteiger partial charge is 0.345 e. The molecule has 0 saturated heterocycles. The van der Waals surface area contributed by atoms with Gasteiger partial charge in [-0.05, 0) is 25.1 Å². The molecule has 0 atom stereocenters. The molecule has 84 valence electrons. The normalized spacial score (nSPS) is 10.9. The highest BCUT2D eigenvalue weighted by Gasteiger charge is 2.03. The number of rotatable bonds is 1. The topological polar surface area (TPSA) is 74.4 Å². The van der Waals surface area contributed by atoms with E-state index in [1.54, 1.807) is 6.20 Å². The molecule has 0 aliphatic heterocycles. The van der Waals surface area contributed by atoms with Crippen molar-refractivity contribution in [1.29, 1.82) is 0 Å². The molecule has 0 radical (unpaired) electrons. The van der Waals surface area contributed by atoms with Crippen molar-refractivity contribution in [3.63, 3.8) is 0 Å². The summed E-state index contributed by atoms with van der Waals surface area (Å²) in [7, 11) is 0. The number of H-pyrrole nitrogens is 2. The number of aromatic amines is 2. The number of aryl methyl sites for hydroxylation is 1. The molecule has 2 aromatic heterocycles. The number of benzene rings is 1. The van der Waals surface area contributed by atoms with Gasteiger partial charge >= 0.3 is 5.69 Å². The van der Waals surface area contributed by atoms with E-state index in [0.29, 0.717) is 5.69 Å². The van der Waals surface area contributed by atoms with E-state index in [4.69, 9.17) is 0 Å². The molecule has 5 heteroatoms. The van der Waals surface area contributed by atoms with Gasteiger partial charge in [0.25, 0.3) is 0 Å². The highest BCUT2D eigenvalue weighted by atomic mass is 16.1. The van der Waals surface area contributed by atoms with Crippen LogP contribution in [0.4, 0.5) is 0 Å². The molecule has 3 rings (SSSR count). The SMILES string of the molecule is Cc1cc(-c2ccc3[nH]ncc3c2)nc(=O)[nH]1. The first-order valence-electron chi connectivity index (χ1n) is 5.24. The molecule has 2 N–H and O–H groups in total. The van der Waals surface area contributed by atoms with Crippen LogP contribution in [0.1, 0.15) is 5.69 Å². The molecular formula is C12H10N4O. The molecule has 0 spiro atoms. The first-order valence-corrected chi connectivity index (χ1v) is 5.24. The molecular weight excluding hydrogens is 216 g/mol. The lowest BCUT2D eigenvalue weighted by molar-refractivity contribution is 1.03. The van der Waals surface area contributed by atoms with E-state index < -0.39 is 0 Å². The zero-order valence-electron chi connectivity index (χ0n) is 9.19. The number of nitrogens with one attached hydrogen (secondary N) is 2. The lowest BCUT2D eigenvalue weighted by Gasteiger charge is -2.01. The molecule has 2 heterocycles. The minimum atomic E-state index is -0.327. The van der Waals surface area contributed by atoms with Gasteiger partial charge in [-0.1, -0.05) is 6.07 Å². The predicted octanol–water partition coefficient (Wildman–Crippen LogP) is 1.62. The summed E-state index contributed by atoms with van der Waals surface area (Å²) >= 11 is 0. The standard InChI is InChI=1S/C12H10N4O/c1-7-4-11(15-12(17)14-7)8-2-3-10-9(5-8)6-13-16-10/h2-6H,1H3,(H,13,16)(H,14,15,17). The summed E-state index contributed by atoms with van der Waals surface area (Å²) in [5.74, 6) is 0. The van der Waals surface area contributed by atoms with Gasteiger partial charge in [0.1, 0.15) is 0 Å². The summed E-state index contributed by atoms with van der Waals surface area (Å²) in [4.78, 5) is 17.9. The summed E-state index contributed by atoms with van der Waals surface area (Å²) in [6.45, 7) is 1.84. The van der Waals surface area contributed by atoms with E-state index in [2.05, 4.69) is 20.2 Å². The number of hydrogen-bond donors (Lipinski definition) is 2. The van der Waals surface area contributed by atoms with Crippen molar-refractivity contribution in [2.24, 2.45) is 0 Å². The Morgan fingerprint density at radius 2 is 2.12 bits per heavy atom. The highest BCUT2D eigenvalue weighted by Crippen LogP contribution is 2.21. The molecule has 1 aromatic carbocycles. The summed E-state index contributed by atoms with van der Waals surface area (Å²) in [5, 5.41) is 7.84. The maximum absolute atomic E-state index is 11.3. The Labute approximate surface area is 96.5 Å². The van der Waals surface area contributed by atoms with Gasteiger partial charge in [-0.3, -0.25) is 5.10 Å². The van der Waals surface area contributed by atoms with Crippen LogP contribution in [0.2, 0.25) is 0 Å². The smallest absolute Gasteiger partial charge is 0.310 e. The Morgan fingerprint density at radius 3 is 2.94 bits per heavy atom. The third kappa shape index (κ3) is 1.71. The number of aromatic nitrogens is 4. The Balaban J connectivity index is 2.22. The molecule has 0 fully saturated rings. The number of fused-ring (bicyclic) bond motifs is 1. The number of nitrogens with zero attached hydrogens (tertiary/aromatic N) is 2. The summed E-state index contributed by atoms with van der Waals surface area (Å²) in [6, 6.07) is 7.65. The highest BCUT2D eigenvalue weighted by molar-refractivity contribution is 5.83. The van der Waals surface area contributed by atoms with Crippen LogP contribution >= 0.6 is 0 Å². The van der Waals surface area contributed by atoms with Gasteiger partial charge in [-0.25, -0.2) is 4.79 Å². The summed E-state index contributed by atoms with van der Waals surface area (Å²) < 4.78 is 0. The van der Waals surface area contributed by atoms with Gasteiger partial charge in [-0.15, -0.1) is 0 Å². The van der Waals surface area contributed by atoms with E-state index >= 15 is 0 Å². The fourth-order valence-electron chi connectivity index (χ4n) is 1.83. The van der Waals surface area contributed by atoms with Crippen molar-refractivity contribution in [2.75, 3.05) is 0 Å². The molecule has 0 saturated carbocycles. The van der Waals surface area contributed by atoms with Crippen LogP contribution in [0.25, 0.3) is 22.2 Å². The van der Waals surface area contributed by atoms with Crippen LogP contribution < -0.4 is 5.69 Å². The molecule has 0 unspecified atom stereocenters. The predicted molar refractivity (Wildman–Crippen MR) is 64.7 cm³/mol. The third-order valence-electron chi connectivity index (χ3n) is 2.62. The molecule has 0 amide bonds. The Kier molecular flexibility index (Phi) is 2.04. The first kappa shape index (κ1) is 9.77. The van der Waals surface area contributed by atoms with Gasteiger partial charge in [0.15, 0.2) is 0 Å². The van der Waals surface area contributed by atoms with E-state index in [1.165, 1.54) is 0 Å². The molecule has 0 aliphatic carbocycles. The van der Waals surface area contributed by atoms with Crippen LogP contribution in [0.5, 0.6) is 0 Å². The minimum Gasteiger partial charge on any atom is -0.310 e. The van der Waals surface area contributed by atoms with E-state index in [1.807, 2.05) is 31.2 Å². The van der Waals surface area contributed by atoms with E-state index in [9.17, 15) is 4.79 Å². The van der Waals surface area contributed by atoms with Crippen molar-refractivity contribution in [3.05, 3.63) is 46.6 Å². The minimum absolute atomic E-state index is 0.327. The quantitative estimate of drug-likeness (QED) is 0.662. The maximum atomic E-state index is 11.3. The van der Waals surface area contributed by atoms with Crippen molar-refractivity contribution in [1.82, 2.24) is 20.2 Å². The average molecular weight is 226 g/mol. The second kappa shape index (κ2) is 3.55. The zero-order valence-corrected chi connectivity index (χ0v) is 9.19. The zero-order chi connectivity index (χ0) is 11.8. The van der Waals surface area contributed by atoms with Crippen molar-refractivity contribution in [2.45, 2.75) is 6.92 Å². The monoisotopic (exact) mass is 226 g/mol. The molecule has 17 heavy (non-hydrogen) atoms. The fraction of sp³-hybridized carbons (Fsp3) is 0.0833. The molecule has 0 bridgehead atoms. The van der Waals surface area contributed by atoms with Gasteiger partial charge in [0.2, 0.25) is 0 Å². The molecule has 0 aliphatic rings. The van der Waals surface area contributed by atoms with Crippen LogP contribution in [-0.2, 0) is 0 Å². The molecule has 5 nitrogen and oxygen atoms in total. The van der Waals surface area contributed by atoms with Crippen molar-refractivity contribution in [3.8, 4) is 11.3 Å². The van der Waals surface area contributed by atoms with Gasteiger partial charge in [0.05, 0.1) is 17.4 Å². The van der Waals surface area contributed by atoms with E-state index in [-0.39, 0.29) is 5.69 Å². The summed E-state index contributed by atoms with van der Waals surface area (Å²) in [6.07, 6.45) is 1.75. The van der Waals surface area contributed by atoms with Crippen LogP contribution in [-0.4, -0.2) is 20.2 Å². The number of hydrogen-bond acceptors (Lipinski definition) is 3. The van der Waals surface area contributed by atoms with Gasteiger partial charge in [-0.2, -0.15) is 10.1 Å². The van der Waals surface area contributed by atoms with Crippen molar-refractivity contribution < 1.29 is 0 Å². The first-order chi connectivity index (χ1) is 8.22. The maximum Gasteiger partial charge on any atom is 0.345 e. The fourth-order valence-corrected chi connectivity index (χ4v) is 1.83. The van der Waals surface area contributed by atoms with Gasteiger partial charge < -0.3 is 4.98 Å². The Hall–Kier alpha value is -2.43. The second-order valence-electron chi connectivity index (χ2n) is 3.93. The second-order valence-corrected chi connectivity index (χ2v) is 3.93. The van der Waals surface area contributed by atoms with Crippen LogP contribution in [0.15, 0.2) is 35.3 Å².